The van der Waals surface area contributed by atoms with Gasteiger partial charge in [0.05, 0.1) is 10.9 Å². The van der Waals surface area contributed by atoms with Gasteiger partial charge in [-0.25, -0.2) is 4.98 Å². The van der Waals surface area contributed by atoms with E-state index in [1.54, 1.807) is 25.3 Å². The average Bonchev–Trinajstić information content (AvgIpc) is 2.08. The first kappa shape index (κ1) is 9.85. The fourth-order valence-corrected chi connectivity index (χ4v) is 1.50. The summed E-state index contributed by atoms with van der Waals surface area (Å²) in [4.78, 5) is 14.8. The number of amides is 1. The molecule has 0 spiro atoms. The van der Waals surface area contributed by atoms with Crippen molar-refractivity contribution < 1.29 is 4.79 Å². The number of nitrogens with zero attached hydrogens (tertiary/aromatic N) is 1. The Kier molecular flexibility index (Phi) is 3.13. The van der Waals surface area contributed by atoms with Crippen LogP contribution in [0.25, 0.3) is 0 Å². The summed E-state index contributed by atoms with van der Waals surface area (Å²) in [7, 11) is 0. The van der Waals surface area contributed by atoms with E-state index in [1.165, 1.54) is 11.8 Å². The van der Waals surface area contributed by atoms with Gasteiger partial charge in [0.2, 0.25) is 5.91 Å². The van der Waals surface area contributed by atoms with Crippen molar-refractivity contribution in [3.8, 4) is 0 Å². The highest BCUT2D eigenvalue weighted by molar-refractivity contribution is 8.00. The number of anilines is 1. The molecule has 0 radical (unpaired) electrons. The van der Waals surface area contributed by atoms with Crippen LogP contribution in [0.3, 0.4) is 0 Å². The topological polar surface area (TPSA) is 82.0 Å². The molecule has 4 nitrogen and oxygen atoms in total. The molecule has 0 aliphatic carbocycles. The van der Waals surface area contributed by atoms with E-state index in [0.717, 1.165) is 0 Å². The highest BCUT2D eigenvalue weighted by Gasteiger charge is 2.12. The number of nitrogen functional groups attached to an aromatic ring is 1. The largest absolute Gasteiger partial charge is 0.397 e. The van der Waals surface area contributed by atoms with Gasteiger partial charge in [-0.2, -0.15) is 0 Å². The van der Waals surface area contributed by atoms with E-state index in [4.69, 9.17) is 11.5 Å². The molecule has 1 aromatic rings. The second-order valence-electron chi connectivity index (χ2n) is 2.56. The predicted molar refractivity (Wildman–Crippen MR) is 53.2 cm³/mol. The first-order chi connectivity index (χ1) is 6.11. The number of rotatable bonds is 3. The van der Waals surface area contributed by atoms with Crippen molar-refractivity contribution in [2.45, 2.75) is 17.2 Å². The maximum atomic E-state index is 10.7. The summed E-state index contributed by atoms with van der Waals surface area (Å²) in [5.41, 5.74) is 11.3. The van der Waals surface area contributed by atoms with Crippen LogP contribution >= 0.6 is 11.8 Å². The highest BCUT2D eigenvalue weighted by Crippen LogP contribution is 2.25. The van der Waals surface area contributed by atoms with Crippen molar-refractivity contribution in [3.63, 3.8) is 0 Å². The molecular formula is C8H11N3OS. The number of thioether (sulfide) groups is 1. The van der Waals surface area contributed by atoms with Crippen LogP contribution in [0.15, 0.2) is 23.4 Å². The zero-order valence-corrected chi connectivity index (χ0v) is 8.04. The first-order valence-electron chi connectivity index (χ1n) is 3.77. The quantitative estimate of drug-likeness (QED) is 0.696. The minimum absolute atomic E-state index is 0.308. The molecule has 70 valence electrons. The average molecular weight is 197 g/mol. The maximum absolute atomic E-state index is 10.7. The lowest BCUT2D eigenvalue weighted by molar-refractivity contribution is -0.117. The van der Waals surface area contributed by atoms with Crippen LogP contribution in [0.5, 0.6) is 0 Å². The van der Waals surface area contributed by atoms with Gasteiger partial charge >= 0.3 is 0 Å². The molecule has 1 unspecified atom stereocenters. The Bertz CT molecular complexity index is 316. The number of nitrogens with two attached hydrogens (primary N) is 2. The Morgan fingerprint density at radius 2 is 2.38 bits per heavy atom. The van der Waals surface area contributed by atoms with Crippen LogP contribution in [-0.4, -0.2) is 16.1 Å². The van der Waals surface area contributed by atoms with Crippen LogP contribution in [0.2, 0.25) is 0 Å². The number of carbonyl (C=O) groups excluding carboxylic acids is 1. The zero-order chi connectivity index (χ0) is 9.84. The summed E-state index contributed by atoms with van der Waals surface area (Å²) in [5.74, 6) is -0.366. The minimum atomic E-state index is -0.366. The van der Waals surface area contributed by atoms with Crippen molar-refractivity contribution in [1.82, 2.24) is 4.98 Å². The minimum Gasteiger partial charge on any atom is -0.397 e. The van der Waals surface area contributed by atoms with Gasteiger partial charge in [-0.3, -0.25) is 4.79 Å². The molecule has 1 amide bonds. The Morgan fingerprint density at radius 3 is 2.92 bits per heavy atom. The molecule has 0 fully saturated rings. The third kappa shape index (κ3) is 2.62. The van der Waals surface area contributed by atoms with Gasteiger partial charge in [0.1, 0.15) is 5.03 Å². The van der Waals surface area contributed by atoms with Crippen LogP contribution in [-0.2, 0) is 4.79 Å². The van der Waals surface area contributed by atoms with Gasteiger partial charge in [-0.05, 0) is 19.1 Å². The standard InChI is InChI=1S/C8H11N3OS/c1-5(7(10)12)13-8-6(9)3-2-4-11-8/h2-5H,9H2,1H3,(H2,10,12). The third-order valence-corrected chi connectivity index (χ3v) is 2.64. The number of carbonyl (C=O) groups is 1. The SMILES string of the molecule is CC(Sc1ncccc1N)C(N)=O. The summed E-state index contributed by atoms with van der Waals surface area (Å²) in [5, 5.41) is 0.339. The molecule has 1 atom stereocenters. The molecule has 0 bridgehead atoms. The van der Waals surface area contributed by atoms with E-state index in [1.807, 2.05) is 0 Å². The lowest BCUT2D eigenvalue weighted by Gasteiger charge is -2.07. The Labute approximate surface area is 80.7 Å². The number of aromatic nitrogens is 1. The second kappa shape index (κ2) is 4.13. The molecule has 1 heterocycles. The molecular weight excluding hydrogens is 186 g/mol. The molecule has 1 rings (SSSR count). The monoisotopic (exact) mass is 197 g/mol. The predicted octanol–water partition coefficient (Wildman–Crippen LogP) is 0.630. The van der Waals surface area contributed by atoms with Crippen molar-refractivity contribution in [2.24, 2.45) is 5.73 Å². The van der Waals surface area contributed by atoms with E-state index in [9.17, 15) is 4.79 Å². The summed E-state index contributed by atoms with van der Waals surface area (Å²) >= 11 is 1.27. The van der Waals surface area contributed by atoms with E-state index in [-0.39, 0.29) is 11.2 Å². The van der Waals surface area contributed by atoms with Gasteiger partial charge in [0, 0.05) is 6.20 Å². The summed E-state index contributed by atoms with van der Waals surface area (Å²) in [6.45, 7) is 1.72. The second-order valence-corrected chi connectivity index (χ2v) is 3.89. The van der Waals surface area contributed by atoms with Crippen molar-refractivity contribution in [1.29, 1.82) is 0 Å². The number of pyridine rings is 1. The van der Waals surface area contributed by atoms with E-state index in [2.05, 4.69) is 4.98 Å². The summed E-state index contributed by atoms with van der Waals surface area (Å²) in [6, 6.07) is 3.48. The molecule has 4 N–H and O–H groups in total. The van der Waals surface area contributed by atoms with Crippen molar-refractivity contribution in [3.05, 3.63) is 18.3 Å². The Hall–Kier alpha value is -1.23. The van der Waals surface area contributed by atoms with Crippen LogP contribution in [0, 0.1) is 0 Å². The smallest absolute Gasteiger partial charge is 0.230 e. The Morgan fingerprint density at radius 1 is 1.69 bits per heavy atom. The molecule has 0 aliphatic heterocycles. The third-order valence-electron chi connectivity index (χ3n) is 1.49. The fourth-order valence-electron chi connectivity index (χ4n) is 0.727. The molecule has 0 aromatic carbocycles. The van der Waals surface area contributed by atoms with E-state index in [0.29, 0.717) is 10.7 Å². The molecule has 0 saturated carbocycles. The fraction of sp³-hybridized carbons (Fsp3) is 0.250. The lowest BCUT2D eigenvalue weighted by Crippen LogP contribution is -2.22. The van der Waals surface area contributed by atoms with Gasteiger partial charge in [0.25, 0.3) is 0 Å². The van der Waals surface area contributed by atoms with E-state index >= 15 is 0 Å². The van der Waals surface area contributed by atoms with Crippen LogP contribution in [0.4, 0.5) is 5.69 Å². The van der Waals surface area contributed by atoms with Crippen molar-refractivity contribution >= 4 is 23.4 Å². The van der Waals surface area contributed by atoms with Crippen LogP contribution in [0.1, 0.15) is 6.92 Å². The maximum Gasteiger partial charge on any atom is 0.230 e. The number of primary amides is 1. The molecule has 0 saturated heterocycles. The van der Waals surface area contributed by atoms with Gasteiger partial charge < -0.3 is 11.5 Å². The first-order valence-corrected chi connectivity index (χ1v) is 4.65. The zero-order valence-electron chi connectivity index (χ0n) is 7.23. The molecule has 1 aromatic heterocycles. The van der Waals surface area contributed by atoms with Gasteiger partial charge in [-0.1, -0.05) is 11.8 Å². The summed E-state index contributed by atoms with van der Waals surface area (Å²) < 4.78 is 0. The number of hydrogen-bond donors (Lipinski definition) is 2. The summed E-state index contributed by atoms with van der Waals surface area (Å²) in [6.07, 6.45) is 1.63. The molecule has 13 heavy (non-hydrogen) atoms. The van der Waals surface area contributed by atoms with Crippen LogP contribution < -0.4 is 11.5 Å². The normalized spacial score (nSPS) is 12.4. The molecule has 0 aliphatic rings. The highest BCUT2D eigenvalue weighted by atomic mass is 32.2. The van der Waals surface area contributed by atoms with E-state index < -0.39 is 0 Å². The lowest BCUT2D eigenvalue weighted by atomic mass is 10.4. The number of hydrogen-bond acceptors (Lipinski definition) is 4. The van der Waals surface area contributed by atoms with Crippen molar-refractivity contribution in [2.75, 3.05) is 5.73 Å². The van der Waals surface area contributed by atoms with Gasteiger partial charge in [-0.15, -0.1) is 0 Å². The Balaban J connectivity index is 2.74. The van der Waals surface area contributed by atoms with Gasteiger partial charge in [0.15, 0.2) is 0 Å². The molecule has 5 heteroatoms.